The van der Waals surface area contributed by atoms with Gasteiger partial charge in [-0.3, -0.25) is 0 Å². The maximum absolute atomic E-state index is 13.1. The molecule has 1 fully saturated rings. The van der Waals surface area contributed by atoms with Gasteiger partial charge in [-0.05, 0) is 24.7 Å². The van der Waals surface area contributed by atoms with Crippen molar-refractivity contribution in [1.82, 2.24) is 4.90 Å². The molecule has 0 unspecified atom stereocenters. The summed E-state index contributed by atoms with van der Waals surface area (Å²) in [5, 5.41) is 0. The van der Waals surface area contributed by atoms with E-state index in [1.807, 2.05) is 4.90 Å². The minimum absolute atomic E-state index is 0.117. The molecule has 2 rings (SSSR count). The highest BCUT2D eigenvalue weighted by Crippen LogP contribution is 2.34. The first-order valence-electron chi connectivity index (χ1n) is 6.81. The molecule has 0 radical (unpaired) electrons. The molecule has 1 aliphatic rings. The van der Waals surface area contributed by atoms with Gasteiger partial charge in [-0.1, -0.05) is 19.1 Å². The number of benzene rings is 1. The van der Waals surface area contributed by atoms with Crippen molar-refractivity contribution in [2.24, 2.45) is 5.73 Å². The third-order valence-corrected chi connectivity index (χ3v) is 3.98. The smallest absolute Gasteiger partial charge is 0.389 e. The first-order valence-corrected chi connectivity index (χ1v) is 7.22. The second kappa shape index (κ2) is 6.19. The molecule has 1 saturated heterocycles. The number of thiocarbonyl (C=S) groups is 1. The predicted molar refractivity (Wildman–Crippen MR) is 81.7 cm³/mol. The molecule has 1 heterocycles. The van der Waals surface area contributed by atoms with Crippen molar-refractivity contribution in [2.45, 2.75) is 13.1 Å². The maximum atomic E-state index is 13.1. The molecule has 3 nitrogen and oxygen atoms in total. The van der Waals surface area contributed by atoms with Crippen LogP contribution in [0.25, 0.3) is 0 Å². The fraction of sp³-hybridized carbons (Fsp3) is 0.500. The normalized spacial score (nSPS) is 17.0. The number of hydrogen-bond acceptors (Lipinski definition) is 3. The molecule has 0 aliphatic carbocycles. The highest BCUT2D eigenvalue weighted by molar-refractivity contribution is 7.80. The highest BCUT2D eigenvalue weighted by atomic mass is 32.1. The topological polar surface area (TPSA) is 32.5 Å². The lowest BCUT2D eigenvalue weighted by molar-refractivity contribution is -0.137. The molecule has 2 N–H and O–H groups in total. The summed E-state index contributed by atoms with van der Waals surface area (Å²) >= 11 is 4.71. The van der Waals surface area contributed by atoms with Crippen molar-refractivity contribution in [3.05, 3.63) is 29.3 Å². The summed E-state index contributed by atoms with van der Waals surface area (Å²) in [6.45, 7) is 6.19. The zero-order valence-corrected chi connectivity index (χ0v) is 12.6. The van der Waals surface area contributed by atoms with Crippen LogP contribution in [0.4, 0.5) is 18.9 Å². The molecule has 21 heavy (non-hydrogen) atoms. The number of rotatable bonds is 3. The Bertz CT molecular complexity index is 523. The molecular weight excluding hydrogens is 299 g/mol. The highest BCUT2D eigenvalue weighted by Gasteiger charge is 2.34. The van der Waals surface area contributed by atoms with E-state index in [4.69, 9.17) is 18.0 Å². The van der Waals surface area contributed by atoms with E-state index in [0.29, 0.717) is 5.69 Å². The fourth-order valence-electron chi connectivity index (χ4n) is 2.50. The summed E-state index contributed by atoms with van der Waals surface area (Å²) in [6.07, 6.45) is -4.46. The average Bonchev–Trinajstić information content (AvgIpc) is 2.45. The van der Waals surface area contributed by atoms with Crippen LogP contribution in [-0.2, 0) is 6.18 Å². The fourth-order valence-corrected chi connectivity index (χ4v) is 2.68. The minimum Gasteiger partial charge on any atom is -0.389 e. The Hall–Kier alpha value is -1.34. The van der Waals surface area contributed by atoms with E-state index in [1.165, 1.54) is 6.07 Å². The summed E-state index contributed by atoms with van der Waals surface area (Å²) in [5.74, 6) is 0. The lowest BCUT2D eigenvalue weighted by Crippen LogP contribution is -2.46. The van der Waals surface area contributed by atoms with Crippen LogP contribution in [-0.4, -0.2) is 42.6 Å². The minimum atomic E-state index is -4.46. The van der Waals surface area contributed by atoms with Gasteiger partial charge in [0.2, 0.25) is 0 Å². The van der Waals surface area contributed by atoms with E-state index >= 15 is 0 Å². The zero-order valence-electron chi connectivity index (χ0n) is 11.8. The van der Waals surface area contributed by atoms with Gasteiger partial charge < -0.3 is 15.5 Å². The van der Waals surface area contributed by atoms with Gasteiger partial charge in [-0.15, -0.1) is 0 Å². The molecule has 0 spiro atoms. The van der Waals surface area contributed by atoms with E-state index in [2.05, 4.69) is 11.8 Å². The van der Waals surface area contributed by atoms with Crippen molar-refractivity contribution in [3.63, 3.8) is 0 Å². The second-order valence-corrected chi connectivity index (χ2v) is 5.45. The number of nitrogens with two attached hydrogens (primary N) is 1. The Labute approximate surface area is 127 Å². The molecule has 0 atom stereocenters. The van der Waals surface area contributed by atoms with Gasteiger partial charge >= 0.3 is 6.18 Å². The van der Waals surface area contributed by atoms with Crippen LogP contribution in [0.2, 0.25) is 0 Å². The van der Waals surface area contributed by atoms with Crippen molar-refractivity contribution in [1.29, 1.82) is 0 Å². The quantitative estimate of drug-likeness (QED) is 0.868. The van der Waals surface area contributed by atoms with E-state index < -0.39 is 11.7 Å². The van der Waals surface area contributed by atoms with Crippen LogP contribution in [0.5, 0.6) is 0 Å². The number of likely N-dealkylation sites (N-methyl/N-ethyl adjacent to an activating group) is 1. The van der Waals surface area contributed by atoms with Gasteiger partial charge in [-0.2, -0.15) is 13.2 Å². The summed E-state index contributed by atoms with van der Waals surface area (Å²) in [5.41, 5.74) is 5.08. The van der Waals surface area contributed by atoms with Crippen molar-refractivity contribution >= 4 is 22.9 Å². The molecule has 116 valence electrons. The largest absolute Gasteiger partial charge is 0.417 e. The lowest BCUT2D eigenvalue weighted by Gasteiger charge is -2.35. The second-order valence-electron chi connectivity index (χ2n) is 5.01. The van der Waals surface area contributed by atoms with Crippen molar-refractivity contribution < 1.29 is 13.2 Å². The molecule has 0 bridgehead atoms. The van der Waals surface area contributed by atoms with Gasteiger partial charge in [0.1, 0.15) is 4.99 Å². The third kappa shape index (κ3) is 3.65. The van der Waals surface area contributed by atoms with Crippen LogP contribution in [0, 0.1) is 0 Å². The van der Waals surface area contributed by atoms with Gasteiger partial charge in [0.25, 0.3) is 0 Å². The molecule has 0 aromatic heterocycles. The number of halogens is 3. The van der Waals surface area contributed by atoms with E-state index in [9.17, 15) is 13.2 Å². The summed E-state index contributed by atoms with van der Waals surface area (Å²) in [7, 11) is 0. The number of hydrogen-bond donors (Lipinski definition) is 1. The van der Waals surface area contributed by atoms with Gasteiger partial charge in [0, 0.05) is 37.4 Å². The number of alkyl halides is 3. The monoisotopic (exact) mass is 317 g/mol. The summed E-state index contributed by atoms with van der Waals surface area (Å²) < 4.78 is 39.4. The SMILES string of the molecule is CCN1CCN(c2ccc(C(N)=S)c(C(F)(F)F)c2)CC1. The molecular formula is C14H18F3N3S. The van der Waals surface area contributed by atoms with Crippen molar-refractivity contribution in [2.75, 3.05) is 37.6 Å². The Balaban J connectivity index is 2.28. The molecule has 1 aromatic carbocycles. The zero-order chi connectivity index (χ0) is 15.6. The van der Waals surface area contributed by atoms with Crippen LogP contribution in [0.3, 0.4) is 0 Å². The number of anilines is 1. The summed E-state index contributed by atoms with van der Waals surface area (Å²) in [6, 6.07) is 4.17. The predicted octanol–water partition coefficient (Wildman–Crippen LogP) is 2.48. The van der Waals surface area contributed by atoms with Gasteiger partial charge in [0.05, 0.1) is 5.56 Å². The first-order chi connectivity index (χ1) is 9.82. The molecule has 0 saturated carbocycles. The number of nitrogens with zero attached hydrogens (tertiary/aromatic N) is 2. The van der Waals surface area contributed by atoms with Gasteiger partial charge in [0.15, 0.2) is 0 Å². The van der Waals surface area contributed by atoms with E-state index in [1.54, 1.807) is 6.07 Å². The molecule has 0 amide bonds. The standard InChI is InChI=1S/C14H18F3N3S/c1-2-19-5-7-20(8-6-19)10-3-4-11(13(18)21)12(9-10)14(15,16)17/h3-4,9H,2,5-8H2,1H3,(H2,18,21). The Morgan fingerprint density at radius 3 is 2.33 bits per heavy atom. The first kappa shape index (κ1) is 16.0. The Morgan fingerprint density at radius 1 is 1.24 bits per heavy atom. The van der Waals surface area contributed by atoms with Gasteiger partial charge in [-0.25, -0.2) is 0 Å². The van der Waals surface area contributed by atoms with Crippen LogP contribution in [0.1, 0.15) is 18.1 Å². The van der Waals surface area contributed by atoms with Crippen molar-refractivity contribution in [3.8, 4) is 0 Å². The molecule has 1 aliphatic heterocycles. The van der Waals surface area contributed by atoms with E-state index in [-0.39, 0.29) is 10.6 Å². The maximum Gasteiger partial charge on any atom is 0.417 e. The summed E-state index contributed by atoms with van der Waals surface area (Å²) in [4.78, 5) is 4.00. The lowest BCUT2D eigenvalue weighted by atomic mass is 10.0. The molecule has 7 heteroatoms. The third-order valence-electron chi connectivity index (χ3n) is 3.76. The molecule has 1 aromatic rings. The Kier molecular flexibility index (Phi) is 4.73. The van der Waals surface area contributed by atoms with Crippen LogP contribution in [0.15, 0.2) is 18.2 Å². The average molecular weight is 317 g/mol. The van der Waals surface area contributed by atoms with Crippen LogP contribution < -0.4 is 10.6 Å². The van der Waals surface area contributed by atoms with Crippen LogP contribution >= 0.6 is 12.2 Å². The number of piperazine rings is 1. The van der Waals surface area contributed by atoms with E-state index in [0.717, 1.165) is 38.8 Å². The Morgan fingerprint density at radius 2 is 1.86 bits per heavy atom.